The van der Waals surface area contributed by atoms with Crippen LogP contribution in [-0.2, 0) is 14.3 Å². The Bertz CT molecular complexity index is 1110. The van der Waals surface area contributed by atoms with Gasteiger partial charge in [0.2, 0.25) is 0 Å². The third kappa shape index (κ3) is 5.60. The Morgan fingerprint density at radius 2 is 1.83 bits per heavy atom. The molecule has 2 aliphatic rings. The summed E-state index contributed by atoms with van der Waals surface area (Å²) in [5, 5.41) is 11.4. The molecule has 0 radical (unpaired) electrons. The number of carbonyl (C=O) groups is 2. The number of benzene rings is 2. The highest BCUT2D eigenvalue weighted by Crippen LogP contribution is 2.40. The summed E-state index contributed by atoms with van der Waals surface area (Å²) >= 11 is 3.45. The molecule has 8 heteroatoms. The molecule has 1 atom stereocenters. The largest absolute Gasteiger partial charge is 0.507 e. The summed E-state index contributed by atoms with van der Waals surface area (Å²) in [6.45, 7) is 8.40. The van der Waals surface area contributed by atoms with Crippen molar-refractivity contribution in [2.75, 3.05) is 46.0 Å². The summed E-state index contributed by atoms with van der Waals surface area (Å²) in [5.41, 5.74) is 2.17. The zero-order valence-corrected chi connectivity index (χ0v) is 21.7. The molecule has 35 heavy (non-hydrogen) atoms. The van der Waals surface area contributed by atoms with Gasteiger partial charge < -0.3 is 19.5 Å². The molecule has 1 N–H and O–H groups in total. The minimum absolute atomic E-state index is 0.115. The maximum atomic E-state index is 13.3. The summed E-state index contributed by atoms with van der Waals surface area (Å²) in [6, 6.07) is 12.2. The van der Waals surface area contributed by atoms with Crippen LogP contribution in [0.4, 0.5) is 0 Å². The normalized spacial score (nSPS) is 20.4. The van der Waals surface area contributed by atoms with Gasteiger partial charge in [-0.1, -0.05) is 35.0 Å². The van der Waals surface area contributed by atoms with Crippen LogP contribution in [0.25, 0.3) is 5.76 Å². The molecule has 1 unspecified atom stereocenters. The Morgan fingerprint density at radius 1 is 1.11 bits per heavy atom. The van der Waals surface area contributed by atoms with Gasteiger partial charge in [0.15, 0.2) is 0 Å². The highest BCUT2D eigenvalue weighted by atomic mass is 79.9. The average Bonchev–Trinajstić information content (AvgIpc) is 3.12. The van der Waals surface area contributed by atoms with Crippen molar-refractivity contribution in [3.63, 3.8) is 0 Å². The van der Waals surface area contributed by atoms with Crippen LogP contribution in [0.5, 0.6) is 5.75 Å². The van der Waals surface area contributed by atoms with Crippen molar-refractivity contribution in [2.24, 2.45) is 0 Å². The van der Waals surface area contributed by atoms with Gasteiger partial charge in [-0.2, -0.15) is 0 Å². The van der Waals surface area contributed by atoms with E-state index < -0.39 is 17.7 Å². The molecule has 4 rings (SSSR count). The van der Waals surface area contributed by atoms with Crippen molar-refractivity contribution in [3.8, 4) is 5.75 Å². The highest BCUT2D eigenvalue weighted by Gasteiger charge is 2.46. The fourth-order valence-corrected chi connectivity index (χ4v) is 4.80. The van der Waals surface area contributed by atoms with Gasteiger partial charge in [0, 0.05) is 36.2 Å². The number of Topliss-reactive ketones (excluding diaryl/α,β-unsaturated/α-hetero) is 1. The first-order valence-corrected chi connectivity index (χ1v) is 12.8. The molecule has 0 bridgehead atoms. The van der Waals surface area contributed by atoms with Crippen LogP contribution >= 0.6 is 15.9 Å². The van der Waals surface area contributed by atoms with Gasteiger partial charge in [-0.25, -0.2) is 0 Å². The second kappa shape index (κ2) is 11.4. The predicted octanol–water partition coefficient (Wildman–Crippen LogP) is 4.30. The van der Waals surface area contributed by atoms with Crippen molar-refractivity contribution in [1.29, 1.82) is 0 Å². The molecule has 0 aliphatic carbocycles. The molecule has 1 amide bonds. The summed E-state index contributed by atoms with van der Waals surface area (Å²) < 4.78 is 12.0. The molecule has 0 saturated carbocycles. The van der Waals surface area contributed by atoms with Gasteiger partial charge in [-0.15, -0.1) is 0 Å². The topological polar surface area (TPSA) is 79.3 Å². The van der Waals surface area contributed by atoms with E-state index in [2.05, 4.69) is 20.8 Å². The van der Waals surface area contributed by atoms with Crippen molar-refractivity contribution in [2.45, 2.75) is 26.3 Å². The zero-order chi connectivity index (χ0) is 24.9. The molecular formula is C27H31BrN2O5. The molecule has 0 spiro atoms. The van der Waals surface area contributed by atoms with Crippen molar-refractivity contribution in [3.05, 3.63) is 69.2 Å². The van der Waals surface area contributed by atoms with E-state index in [1.807, 2.05) is 44.2 Å². The molecule has 2 fully saturated rings. The maximum Gasteiger partial charge on any atom is 0.295 e. The van der Waals surface area contributed by atoms with Crippen molar-refractivity contribution in [1.82, 2.24) is 9.80 Å². The number of morpholine rings is 1. The van der Waals surface area contributed by atoms with Gasteiger partial charge in [0.25, 0.3) is 11.7 Å². The number of ketones is 1. The third-order valence-corrected chi connectivity index (χ3v) is 6.94. The molecule has 2 aliphatic heterocycles. The predicted molar refractivity (Wildman–Crippen MR) is 137 cm³/mol. The number of nitrogens with zero attached hydrogens (tertiary/aromatic N) is 2. The molecule has 2 aromatic carbocycles. The van der Waals surface area contributed by atoms with Crippen LogP contribution in [0.1, 0.15) is 36.1 Å². The van der Waals surface area contributed by atoms with Gasteiger partial charge in [-0.3, -0.25) is 14.5 Å². The maximum absolute atomic E-state index is 13.3. The number of aliphatic hydroxyl groups is 1. The molecule has 2 saturated heterocycles. The second-order valence-electron chi connectivity index (χ2n) is 8.82. The Kier molecular flexibility index (Phi) is 8.26. The molecule has 0 aromatic heterocycles. The summed E-state index contributed by atoms with van der Waals surface area (Å²) in [7, 11) is 0. The Hall–Kier alpha value is -2.68. The minimum atomic E-state index is -0.667. The number of amides is 1. The number of hydrogen-bond acceptors (Lipinski definition) is 6. The fraction of sp³-hybridized carbons (Fsp3) is 0.407. The van der Waals surface area contributed by atoms with Gasteiger partial charge in [-0.05, 0) is 54.8 Å². The number of ether oxygens (including phenoxy) is 2. The number of rotatable bonds is 8. The lowest BCUT2D eigenvalue weighted by molar-refractivity contribution is -0.140. The van der Waals surface area contributed by atoms with Crippen LogP contribution in [0.3, 0.4) is 0 Å². The van der Waals surface area contributed by atoms with Crippen LogP contribution in [0.2, 0.25) is 0 Å². The van der Waals surface area contributed by atoms with E-state index in [4.69, 9.17) is 9.47 Å². The minimum Gasteiger partial charge on any atom is -0.507 e. The van der Waals surface area contributed by atoms with Gasteiger partial charge in [0.1, 0.15) is 11.5 Å². The number of aryl methyl sites for hydroxylation is 1. The SMILES string of the molecule is CCCOc1ccc(/C(O)=C2/C(=O)C(=O)N(CCN3CCOCC3)C2c2ccc(Br)cc2)c(C)c1. The number of carbonyl (C=O) groups excluding carboxylic acids is 2. The zero-order valence-electron chi connectivity index (χ0n) is 20.1. The first-order valence-electron chi connectivity index (χ1n) is 12.0. The smallest absolute Gasteiger partial charge is 0.295 e. The number of hydrogen-bond donors (Lipinski definition) is 1. The molecule has 186 valence electrons. The molecular weight excluding hydrogens is 512 g/mol. The van der Waals surface area contributed by atoms with Crippen molar-refractivity contribution < 1.29 is 24.2 Å². The second-order valence-corrected chi connectivity index (χ2v) is 9.74. The summed E-state index contributed by atoms with van der Waals surface area (Å²) in [6.07, 6.45) is 0.891. The van der Waals surface area contributed by atoms with E-state index in [0.717, 1.165) is 35.1 Å². The Labute approximate surface area is 214 Å². The number of likely N-dealkylation sites (tertiary alicyclic amines) is 1. The summed E-state index contributed by atoms with van der Waals surface area (Å²) in [5.74, 6) is -0.711. The van der Waals surface area contributed by atoms with Crippen molar-refractivity contribution >= 4 is 33.4 Å². The number of halogens is 1. The quantitative estimate of drug-likeness (QED) is 0.304. The Balaban J connectivity index is 1.71. The van der Waals surface area contributed by atoms with Gasteiger partial charge in [0.05, 0.1) is 31.4 Å². The van der Waals surface area contributed by atoms with E-state index in [-0.39, 0.29) is 11.3 Å². The van der Waals surface area contributed by atoms with Crippen LogP contribution in [0.15, 0.2) is 52.5 Å². The lowest BCUT2D eigenvalue weighted by atomic mass is 9.94. The highest BCUT2D eigenvalue weighted by molar-refractivity contribution is 9.10. The van der Waals surface area contributed by atoms with Crippen LogP contribution in [-0.4, -0.2) is 72.6 Å². The number of aliphatic hydroxyl groups excluding tert-OH is 1. The third-order valence-electron chi connectivity index (χ3n) is 6.41. The lowest BCUT2D eigenvalue weighted by Gasteiger charge is -2.31. The molecule has 2 aromatic rings. The van der Waals surface area contributed by atoms with E-state index in [1.54, 1.807) is 17.0 Å². The van der Waals surface area contributed by atoms with E-state index in [1.165, 1.54) is 0 Å². The first-order chi connectivity index (χ1) is 16.9. The average molecular weight is 543 g/mol. The molecule has 7 nitrogen and oxygen atoms in total. The first kappa shape index (κ1) is 25.4. The standard InChI is InChI=1S/C27H31BrN2O5/c1-3-14-35-21-8-9-22(18(2)17-21)25(31)23-24(19-4-6-20(28)7-5-19)30(27(33)26(23)32)11-10-29-12-15-34-16-13-29/h4-9,17,24,31H,3,10-16H2,1-2H3/b25-23-. The van der Waals surface area contributed by atoms with E-state index in [9.17, 15) is 14.7 Å². The fourth-order valence-electron chi connectivity index (χ4n) is 4.53. The van der Waals surface area contributed by atoms with E-state index in [0.29, 0.717) is 44.2 Å². The lowest BCUT2D eigenvalue weighted by Crippen LogP contribution is -2.42. The molecule has 2 heterocycles. The monoisotopic (exact) mass is 542 g/mol. The summed E-state index contributed by atoms with van der Waals surface area (Å²) in [4.78, 5) is 30.3. The Morgan fingerprint density at radius 3 is 2.49 bits per heavy atom. The van der Waals surface area contributed by atoms with Crippen LogP contribution < -0.4 is 4.74 Å². The van der Waals surface area contributed by atoms with Crippen LogP contribution in [0, 0.1) is 6.92 Å². The van der Waals surface area contributed by atoms with Gasteiger partial charge >= 0.3 is 0 Å². The van der Waals surface area contributed by atoms with E-state index >= 15 is 0 Å².